The van der Waals surface area contributed by atoms with Crippen molar-refractivity contribution in [1.82, 2.24) is 9.88 Å². The molecule has 2 fully saturated rings. The van der Waals surface area contributed by atoms with Crippen LogP contribution in [0.4, 0.5) is 4.39 Å². The van der Waals surface area contributed by atoms with Gasteiger partial charge >= 0.3 is 0 Å². The van der Waals surface area contributed by atoms with Gasteiger partial charge in [-0.25, -0.2) is 4.39 Å². The summed E-state index contributed by atoms with van der Waals surface area (Å²) in [5.74, 6) is 0.473. The summed E-state index contributed by atoms with van der Waals surface area (Å²) in [5.41, 5.74) is 2.36. The summed E-state index contributed by atoms with van der Waals surface area (Å²) in [7, 11) is 0. The fourth-order valence-electron chi connectivity index (χ4n) is 3.41. The summed E-state index contributed by atoms with van der Waals surface area (Å²) >= 11 is 0. The number of nitrogens with zero attached hydrogens (tertiary/aromatic N) is 1. The molecular weight excluding hydrogens is 227 g/mol. The van der Waals surface area contributed by atoms with Crippen molar-refractivity contribution in [2.75, 3.05) is 13.1 Å². The molecule has 4 rings (SSSR count). The highest BCUT2D eigenvalue weighted by Crippen LogP contribution is 2.47. The molecule has 2 aromatic rings. The molecule has 94 valence electrons. The molecule has 1 aliphatic carbocycles. The lowest BCUT2D eigenvalue weighted by Gasteiger charge is -2.13. The molecule has 1 saturated carbocycles. The number of rotatable bonds is 2. The van der Waals surface area contributed by atoms with Crippen LogP contribution in [-0.2, 0) is 0 Å². The molecule has 1 unspecified atom stereocenters. The first-order valence-corrected chi connectivity index (χ1v) is 6.83. The summed E-state index contributed by atoms with van der Waals surface area (Å²) in [6.07, 6.45) is 5.99. The second-order valence-corrected chi connectivity index (χ2v) is 5.59. The molecular formula is C15H17FN2. The van der Waals surface area contributed by atoms with Crippen molar-refractivity contribution >= 4 is 10.9 Å². The Kier molecular flexibility index (Phi) is 2.24. The second kappa shape index (κ2) is 3.82. The molecule has 1 aliphatic heterocycles. The largest absolute Gasteiger partial charge is 0.361 e. The average Bonchev–Trinajstić information content (AvgIpc) is 2.83. The van der Waals surface area contributed by atoms with Crippen molar-refractivity contribution in [2.45, 2.75) is 31.2 Å². The molecule has 1 aromatic heterocycles. The molecule has 2 aliphatic rings. The van der Waals surface area contributed by atoms with E-state index >= 15 is 0 Å². The fraction of sp³-hybridized carbons (Fsp3) is 0.467. The van der Waals surface area contributed by atoms with Crippen LogP contribution in [0.2, 0.25) is 0 Å². The summed E-state index contributed by atoms with van der Waals surface area (Å²) in [6.45, 7) is 2.50. The highest BCUT2D eigenvalue weighted by Gasteiger charge is 2.44. The van der Waals surface area contributed by atoms with Crippen molar-refractivity contribution in [2.24, 2.45) is 0 Å². The van der Waals surface area contributed by atoms with E-state index in [1.54, 1.807) is 6.07 Å². The van der Waals surface area contributed by atoms with Gasteiger partial charge in [0.25, 0.3) is 0 Å². The lowest BCUT2D eigenvalue weighted by atomic mass is 10.1. The number of hydrogen-bond donors (Lipinski definition) is 1. The third-order valence-electron chi connectivity index (χ3n) is 4.44. The van der Waals surface area contributed by atoms with Crippen molar-refractivity contribution < 1.29 is 4.39 Å². The Morgan fingerprint density at radius 1 is 1.22 bits per heavy atom. The van der Waals surface area contributed by atoms with Gasteiger partial charge in [-0.1, -0.05) is 0 Å². The zero-order chi connectivity index (χ0) is 12.1. The van der Waals surface area contributed by atoms with E-state index in [4.69, 9.17) is 0 Å². The van der Waals surface area contributed by atoms with Gasteiger partial charge in [-0.3, -0.25) is 4.90 Å². The number of benzene rings is 1. The van der Waals surface area contributed by atoms with Gasteiger partial charge in [0.1, 0.15) is 5.82 Å². The first kappa shape index (κ1) is 10.6. The minimum atomic E-state index is -0.137. The first-order valence-electron chi connectivity index (χ1n) is 6.83. The standard InChI is InChI=1S/C15H17FN2/c16-10-3-4-14-11(7-10)13(9-17-14)12-8-15(12)18-5-1-2-6-18/h3-4,7,9,12,15,17H,1-2,5-6,8H2/t12?,15-/m0/s1. The van der Waals surface area contributed by atoms with E-state index in [9.17, 15) is 4.39 Å². The second-order valence-electron chi connectivity index (χ2n) is 5.59. The Hall–Kier alpha value is -1.35. The smallest absolute Gasteiger partial charge is 0.123 e. The van der Waals surface area contributed by atoms with Gasteiger partial charge in [0.15, 0.2) is 0 Å². The Bertz CT molecular complexity index is 583. The van der Waals surface area contributed by atoms with E-state index in [0.29, 0.717) is 12.0 Å². The molecule has 0 bridgehead atoms. The Morgan fingerprint density at radius 2 is 2.06 bits per heavy atom. The number of aromatic nitrogens is 1. The third kappa shape index (κ3) is 1.57. The van der Waals surface area contributed by atoms with Crippen LogP contribution in [0.5, 0.6) is 0 Å². The predicted octanol–water partition coefficient (Wildman–Crippen LogP) is 3.26. The van der Waals surface area contributed by atoms with E-state index < -0.39 is 0 Å². The highest BCUT2D eigenvalue weighted by atomic mass is 19.1. The van der Waals surface area contributed by atoms with Crippen LogP contribution in [0.3, 0.4) is 0 Å². The number of H-pyrrole nitrogens is 1. The van der Waals surface area contributed by atoms with Crippen LogP contribution in [0.1, 0.15) is 30.7 Å². The van der Waals surface area contributed by atoms with Gasteiger partial charge < -0.3 is 4.98 Å². The van der Waals surface area contributed by atoms with Crippen LogP contribution >= 0.6 is 0 Å². The van der Waals surface area contributed by atoms with Gasteiger partial charge in [0.05, 0.1) is 0 Å². The molecule has 1 saturated heterocycles. The zero-order valence-electron chi connectivity index (χ0n) is 10.3. The van der Waals surface area contributed by atoms with Crippen molar-refractivity contribution in [1.29, 1.82) is 0 Å². The normalized spacial score (nSPS) is 28.1. The molecule has 18 heavy (non-hydrogen) atoms. The maximum atomic E-state index is 13.4. The van der Waals surface area contributed by atoms with E-state index in [-0.39, 0.29) is 5.82 Å². The highest BCUT2D eigenvalue weighted by molar-refractivity contribution is 5.84. The number of fused-ring (bicyclic) bond motifs is 1. The van der Waals surface area contributed by atoms with Crippen molar-refractivity contribution in [3.05, 3.63) is 35.8 Å². The van der Waals surface area contributed by atoms with Gasteiger partial charge in [0, 0.05) is 29.1 Å². The molecule has 1 aromatic carbocycles. The molecule has 3 heteroatoms. The Morgan fingerprint density at radius 3 is 2.89 bits per heavy atom. The maximum Gasteiger partial charge on any atom is 0.123 e. The fourth-order valence-corrected chi connectivity index (χ4v) is 3.41. The number of nitrogens with one attached hydrogen (secondary N) is 1. The van der Waals surface area contributed by atoms with Crippen LogP contribution in [0.25, 0.3) is 10.9 Å². The van der Waals surface area contributed by atoms with Crippen molar-refractivity contribution in [3.8, 4) is 0 Å². The summed E-state index contributed by atoms with van der Waals surface area (Å²) in [5, 5.41) is 1.07. The van der Waals surface area contributed by atoms with Crippen LogP contribution < -0.4 is 0 Å². The monoisotopic (exact) mass is 244 g/mol. The van der Waals surface area contributed by atoms with E-state index in [1.807, 2.05) is 6.07 Å². The van der Waals surface area contributed by atoms with Gasteiger partial charge in [-0.2, -0.15) is 0 Å². The van der Waals surface area contributed by atoms with Gasteiger partial charge in [-0.05, 0) is 56.1 Å². The number of halogens is 1. The topological polar surface area (TPSA) is 19.0 Å². The summed E-state index contributed by atoms with van der Waals surface area (Å²) in [6, 6.07) is 5.73. The SMILES string of the molecule is Fc1ccc2[nH]cc(C3C[C@@H]3N3CCCC3)c2c1. The van der Waals surface area contributed by atoms with Crippen LogP contribution in [-0.4, -0.2) is 29.0 Å². The molecule has 2 heterocycles. The molecule has 2 atom stereocenters. The lowest BCUT2D eigenvalue weighted by Crippen LogP contribution is -2.22. The van der Waals surface area contributed by atoms with Crippen LogP contribution in [0.15, 0.2) is 24.4 Å². The third-order valence-corrected chi connectivity index (χ3v) is 4.44. The summed E-state index contributed by atoms with van der Waals surface area (Å²) in [4.78, 5) is 5.86. The Labute approximate surface area is 106 Å². The minimum absolute atomic E-state index is 0.137. The molecule has 2 nitrogen and oxygen atoms in total. The lowest BCUT2D eigenvalue weighted by molar-refractivity contribution is 0.323. The number of hydrogen-bond acceptors (Lipinski definition) is 1. The van der Waals surface area contributed by atoms with Gasteiger partial charge in [0.2, 0.25) is 0 Å². The molecule has 0 radical (unpaired) electrons. The van der Waals surface area contributed by atoms with Crippen LogP contribution in [0, 0.1) is 5.82 Å². The minimum Gasteiger partial charge on any atom is -0.361 e. The van der Waals surface area contributed by atoms with Crippen molar-refractivity contribution in [3.63, 3.8) is 0 Å². The number of likely N-dealkylation sites (tertiary alicyclic amines) is 1. The molecule has 0 spiro atoms. The summed E-state index contributed by atoms with van der Waals surface area (Å²) < 4.78 is 13.4. The average molecular weight is 244 g/mol. The van der Waals surface area contributed by atoms with Gasteiger partial charge in [-0.15, -0.1) is 0 Å². The first-order chi connectivity index (χ1) is 8.83. The maximum absolute atomic E-state index is 13.4. The predicted molar refractivity (Wildman–Crippen MR) is 70.2 cm³/mol. The van der Waals surface area contributed by atoms with E-state index in [1.165, 1.54) is 44.0 Å². The zero-order valence-corrected chi connectivity index (χ0v) is 10.3. The molecule has 1 N–H and O–H groups in total. The molecule has 0 amide bonds. The number of aromatic amines is 1. The van der Waals surface area contributed by atoms with E-state index in [2.05, 4.69) is 16.1 Å². The van der Waals surface area contributed by atoms with E-state index in [0.717, 1.165) is 10.9 Å². The quantitative estimate of drug-likeness (QED) is 0.859. The Balaban J connectivity index is 1.65.